The smallest absolute Gasteiger partial charge is 0.175 e. The van der Waals surface area contributed by atoms with E-state index < -0.39 is 9.84 Å². The molecule has 2 aromatic rings. The van der Waals surface area contributed by atoms with E-state index in [0.29, 0.717) is 17.1 Å². The molecule has 1 atom stereocenters. The summed E-state index contributed by atoms with van der Waals surface area (Å²) >= 11 is 7.77. The highest BCUT2D eigenvalue weighted by molar-refractivity contribution is 7.90. The van der Waals surface area contributed by atoms with Crippen molar-refractivity contribution >= 4 is 32.8 Å². The third kappa shape index (κ3) is 4.03. The SMILES string of the molecule is Cc1cnc(C(C)NCc2c(Cl)cccc2S(C)(=O)=O)s1. The van der Waals surface area contributed by atoms with Crippen LogP contribution in [0.2, 0.25) is 5.02 Å². The molecule has 0 aliphatic heterocycles. The van der Waals surface area contributed by atoms with E-state index in [-0.39, 0.29) is 10.9 Å². The van der Waals surface area contributed by atoms with E-state index in [0.717, 1.165) is 9.88 Å². The van der Waals surface area contributed by atoms with E-state index in [1.807, 2.05) is 20.0 Å². The van der Waals surface area contributed by atoms with Crippen molar-refractivity contribution < 1.29 is 8.42 Å². The highest BCUT2D eigenvalue weighted by Crippen LogP contribution is 2.25. The number of nitrogens with zero attached hydrogens (tertiary/aromatic N) is 1. The summed E-state index contributed by atoms with van der Waals surface area (Å²) in [5.74, 6) is 0. The Kier molecular flexibility index (Phi) is 5.03. The van der Waals surface area contributed by atoms with Crippen LogP contribution in [-0.2, 0) is 16.4 Å². The van der Waals surface area contributed by atoms with Crippen molar-refractivity contribution in [2.45, 2.75) is 31.3 Å². The Bertz CT molecular complexity index is 741. The molecular weight excluding hydrogens is 328 g/mol. The van der Waals surface area contributed by atoms with E-state index in [1.54, 1.807) is 29.5 Å². The zero-order valence-electron chi connectivity index (χ0n) is 12.1. The van der Waals surface area contributed by atoms with Crippen molar-refractivity contribution in [3.63, 3.8) is 0 Å². The van der Waals surface area contributed by atoms with Gasteiger partial charge in [0.15, 0.2) is 9.84 Å². The Hall–Kier alpha value is -0.950. The first kappa shape index (κ1) is 16.4. The van der Waals surface area contributed by atoms with Gasteiger partial charge in [0.25, 0.3) is 0 Å². The summed E-state index contributed by atoms with van der Waals surface area (Å²) in [5.41, 5.74) is 0.599. The van der Waals surface area contributed by atoms with Crippen molar-refractivity contribution in [2.24, 2.45) is 0 Å². The summed E-state index contributed by atoms with van der Waals surface area (Å²) in [4.78, 5) is 5.74. The van der Waals surface area contributed by atoms with Crippen LogP contribution < -0.4 is 5.32 Å². The zero-order valence-corrected chi connectivity index (χ0v) is 14.4. The lowest BCUT2D eigenvalue weighted by molar-refractivity contribution is 0.563. The van der Waals surface area contributed by atoms with Gasteiger partial charge in [0.05, 0.1) is 10.9 Å². The molecule has 7 heteroatoms. The number of sulfone groups is 1. The molecule has 21 heavy (non-hydrogen) atoms. The van der Waals surface area contributed by atoms with E-state index >= 15 is 0 Å². The topological polar surface area (TPSA) is 59.1 Å². The van der Waals surface area contributed by atoms with Crippen LogP contribution in [0.5, 0.6) is 0 Å². The number of hydrogen-bond acceptors (Lipinski definition) is 5. The molecule has 1 N–H and O–H groups in total. The number of hydrogen-bond donors (Lipinski definition) is 1. The van der Waals surface area contributed by atoms with Gasteiger partial charge in [-0.15, -0.1) is 11.3 Å². The quantitative estimate of drug-likeness (QED) is 0.903. The average molecular weight is 345 g/mol. The largest absolute Gasteiger partial charge is 0.304 e. The molecule has 1 unspecified atom stereocenters. The summed E-state index contributed by atoms with van der Waals surface area (Å²) in [5, 5.41) is 4.71. The maximum absolute atomic E-state index is 11.8. The fourth-order valence-corrected chi connectivity index (χ4v) is 4.03. The van der Waals surface area contributed by atoms with Crippen LogP contribution in [-0.4, -0.2) is 19.7 Å². The van der Waals surface area contributed by atoms with Crippen molar-refractivity contribution in [1.29, 1.82) is 0 Å². The Morgan fingerprint density at radius 1 is 1.43 bits per heavy atom. The standard InChI is InChI=1S/C14H17ClN2O2S2/c1-9-7-17-14(20-9)10(2)16-8-11-12(15)5-4-6-13(11)21(3,18)19/h4-7,10,16H,8H2,1-3H3. The maximum Gasteiger partial charge on any atom is 0.175 e. The van der Waals surface area contributed by atoms with Gasteiger partial charge >= 0.3 is 0 Å². The van der Waals surface area contributed by atoms with E-state index in [9.17, 15) is 8.42 Å². The molecule has 0 bridgehead atoms. The molecule has 0 spiro atoms. The highest BCUT2D eigenvalue weighted by Gasteiger charge is 2.17. The Labute approximate surface area is 134 Å². The van der Waals surface area contributed by atoms with Crippen LogP contribution in [0.25, 0.3) is 0 Å². The predicted octanol–water partition coefficient (Wildman–Crippen LogP) is 3.36. The lowest BCUT2D eigenvalue weighted by atomic mass is 10.2. The molecular formula is C14H17ClN2O2S2. The van der Waals surface area contributed by atoms with E-state index in [1.165, 1.54) is 6.26 Å². The van der Waals surface area contributed by atoms with Crippen LogP contribution in [0.4, 0.5) is 0 Å². The minimum Gasteiger partial charge on any atom is -0.304 e. The second-order valence-corrected chi connectivity index (χ2v) is 8.56. The molecule has 2 rings (SSSR count). The van der Waals surface area contributed by atoms with Gasteiger partial charge in [0.2, 0.25) is 0 Å². The van der Waals surface area contributed by atoms with Gasteiger partial charge in [-0.25, -0.2) is 13.4 Å². The second kappa shape index (κ2) is 6.44. The minimum absolute atomic E-state index is 0.0346. The minimum atomic E-state index is -3.30. The highest BCUT2D eigenvalue weighted by atomic mass is 35.5. The van der Waals surface area contributed by atoms with Gasteiger partial charge in [-0.3, -0.25) is 0 Å². The summed E-state index contributed by atoms with van der Waals surface area (Å²) < 4.78 is 23.7. The molecule has 1 heterocycles. The van der Waals surface area contributed by atoms with Gasteiger partial charge < -0.3 is 5.32 Å². The summed E-state index contributed by atoms with van der Waals surface area (Å²) in [6, 6.07) is 4.96. The number of aryl methyl sites for hydroxylation is 1. The van der Waals surface area contributed by atoms with Gasteiger partial charge in [0, 0.05) is 34.5 Å². The van der Waals surface area contributed by atoms with Gasteiger partial charge in [-0.1, -0.05) is 17.7 Å². The Morgan fingerprint density at radius 2 is 2.14 bits per heavy atom. The van der Waals surface area contributed by atoms with E-state index in [4.69, 9.17) is 11.6 Å². The zero-order chi connectivity index (χ0) is 15.6. The Morgan fingerprint density at radius 3 is 2.71 bits per heavy atom. The second-order valence-electron chi connectivity index (χ2n) is 4.90. The van der Waals surface area contributed by atoms with Crippen LogP contribution in [0, 0.1) is 6.92 Å². The molecule has 0 saturated heterocycles. The van der Waals surface area contributed by atoms with Crippen LogP contribution >= 0.6 is 22.9 Å². The Balaban J connectivity index is 2.20. The van der Waals surface area contributed by atoms with Crippen LogP contribution in [0.15, 0.2) is 29.3 Å². The number of rotatable bonds is 5. The maximum atomic E-state index is 11.8. The summed E-state index contributed by atoms with van der Waals surface area (Å²) in [6.45, 7) is 4.38. The van der Waals surface area contributed by atoms with E-state index in [2.05, 4.69) is 10.3 Å². The molecule has 4 nitrogen and oxygen atoms in total. The number of halogens is 1. The summed E-state index contributed by atoms with van der Waals surface area (Å²) in [6.07, 6.45) is 3.02. The number of benzene rings is 1. The number of aromatic nitrogens is 1. The first-order valence-corrected chi connectivity index (χ1v) is 9.51. The first-order chi connectivity index (χ1) is 9.79. The molecule has 114 valence electrons. The summed E-state index contributed by atoms with van der Waals surface area (Å²) in [7, 11) is -3.30. The van der Waals surface area contributed by atoms with Crippen molar-refractivity contribution in [3.05, 3.63) is 44.9 Å². The fourth-order valence-electron chi connectivity index (χ4n) is 1.97. The van der Waals surface area contributed by atoms with Crippen molar-refractivity contribution in [3.8, 4) is 0 Å². The third-order valence-electron chi connectivity index (χ3n) is 3.07. The van der Waals surface area contributed by atoms with Gasteiger partial charge in [-0.2, -0.15) is 0 Å². The predicted molar refractivity (Wildman–Crippen MR) is 86.7 cm³/mol. The molecule has 0 radical (unpaired) electrons. The van der Waals surface area contributed by atoms with Crippen molar-refractivity contribution in [2.75, 3.05) is 6.26 Å². The first-order valence-electron chi connectivity index (χ1n) is 6.42. The van der Waals surface area contributed by atoms with Crippen LogP contribution in [0.3, 0.4) is 0 Å². The molecule has 0 saturated carbocycles. The molecule has 1 aromatic carbocycles. The lowest BCUT2D eigenvalue weighted by Crippen LogP contribution is -2.19. The number of thiazole rings is 1. The van der Waals surface area contributed by atoms with Crippen molar-refractivity contribution in [1.82, 2.24) is 10.3 Å². The average Bonchev–Trinajstić information content (AvgIpc) is 2.82. The molecule has 1 aromatic heterocycles. The number of nitrogens with one attached hydrogen (secondary N) is 1. The lowest BCUT2D eigenvalue weighted by Gasteiger charge is -2.14. The normalized spacial score (nSPS) is 13.3. The fraction of sp³-hybridized carbons (Fsp3) is 0.357. The van der Waals surface area contributed by atoms with Gasteiger partial charge in [-0.05, 0) is 26.0 Å². The van der Waals surface area contributed by atoms with Crippen LogP contribution in [0.1, 0.15) is 28.4 Å². The van der Waals surface area contributed by atoms with Gasteiger partial charge in [0.1, 0.15) is 5.01 Å². The molecule has 0 fully saturated rings. The third-order valence-corrected chi connectivity index (χ3v) is 5.70. The monoisotopic (exact) mass is 344 g/mol. The molecule has 0 amide bonds. The molecule has 0 aliphatic carbocycles. The molecule has 0 aliphatic rings.